The minimum absolute atomic E-state index is 0.242. The lowest BCUT2D eigenvalue weighted by Crippen LogP contribution is -2.03. The average Bonchev–Trinajstić information content (AvgIpc) is 3.80. The molecule has 0 atom stereocenters. The number of carbonyl (C=O) groups is 1. The summed E-state index contributed by atoms with van der Waals surface area (Å²) in [6.07, 6.45) is 4.09. The van der Waals surface area contributed by atoms with Crippen LogP contribution in [0.1, 0.15) is 72.5 Å². The highest BCUT2D eigenvalue weighted by atomic mass is 16.5. The van der Waals surface area contributed by atoms with Crippen LogP contribution in [0.3, 0.4) is 0 Å². The van der Waals surface area contributed by atoms with Crippen LogP contribution in [0.4, 0.5) is 0 Å². The second-order valence-corrected chi connectivity index (χ2v) is 11.7. The van der Waals surface area contributed by atoms with Gasteiger partial charge in [-0.1, -0.05) is 76.2 Å². The highest BCUT2D eigenvalue weighted by Crippen LogP contribution is 2.34. The average molecular weight is 565 g/mol. The van der Waals surface area contributed by atoms with Crippen LogP contribution in [0.5, 0.6) is 5.88 Å². The number of rotatable bonds is 4. The summed E-state index contributed by atoms with van der Waals surface area (Å²) in [6.45, 7) is 8.71. The Kier molecular flexibility index (Phi) is 6.54. The molecular formula is C37H32N4O2. The zero-order valence-corrected chi connectivity index (χ0v) is 24.6. The summed E-state index contributed by atoms with van der Waals surface area (Å²) in [7, 11) is 0. The number of fused-ring (bicyclic) bond motifs is 8. The normalized spacial score (nSPS) is 12.7. The van der Waals surface area contributed by atoms with Gasteiger partial charge >= 0.3 is 5.97 Å². The third-order valence-electron chi connectivity index (χ3n) is 8.04. The number of carbonyl (C=O) groups excluding carboxylic acids is 1. The SMILES string of the molecule is CC(C)c1ccc(-c2c3nc(cc4ccc([nH]4)c(-c4ccc(C(C)C)cc4)c4nc(cc5ccc2[nH]5)OC4=O)C=C3)cc1. The molecule has 0 radical (unpaired) electrons. The maximum atomic E-state index is 13.3. The van der Waals surface area contributed by atoms with Gasteiger partial charge in [-0.25, -0.2) is 14.8 Å². The molecule has 0 aliphatic carbocycles. The van der Waals surface area contributed by atoms with Crippen LogP contribution in [-0.2, 0) is 0 Å². The number of hydrogen-bond donors (Lipinski definition) is 2. The van der Waals surface area contributed by atoms with Gasteiger partial charge in [0.1, 0.15) is 0 Å². The molecule has 0 unspecified atom stereocenters. The van der Waals surface area contributed by atoms with E-state index in [1.54, 1.807) is 6.07 Å². The predicted octanol–water partition coefficient (Wildman–Crippen LogP) is 9.29. The number of ether oxygens (including phenoxy) is 1. The zero-order chi connectivity index (χ0) is 29.7. The Hall–Kier alpha value is -5.23. The van der Waals surface area contributed by atoms with Gasteiger partial charge in [0.05, 0.1) is 11.4 Å². The summed E-state index contributed by atoms with van der Waals surface area (Å²) in [4.78, 5) is 30.0. The molecule has 0 saturated heterocycles. The predicted molar refractivity (Wildman–Crippen MR) is 174 cm³/mol. The first-order valence-electron chi connectivity index (χ1n) is 14.7. The molecule has 43 heavy (non-hydrogen) atoms. The first-order valence-corrected chi connectivity index (χ1v) is 14.7. The van der Waals surface area contributed by atoms with Crippen molar-refractivity contribution < 1.29 is 9.53 Å². The second-order valence-electron chi connectivity index (χ2n) is 11.7. The van der Waals surface area contributed by atoms with Crippen molar-refractivity contribution in [1.82, 2.24) is 19.9 Å². The Balaban J connectivity index is 1.51. The Morgan fingerprint density at radius 3 is 1.79 bits per heavy atom. The zero-order valence-electron chi connectivity index (χ0n) is 24.6. The molecule has 2 N–H and O–H groups in total. The summed E-state index contributed by atoms with van der Waals surface area (Å²) in [5.41, 5.74) is 11.4. The van der Waals surface area contributed by atoms with Gasteiger partial charge < -0.3 is 14.7 Å². The molecule has 2 aromatic carbocycles. The highest BCUT2D eigenvalue weighted by molar-refractivity contribution is 6.02. The molecule has 6 heteroatoms. The lowest BCUT2D eigenvalue weighted by atomic mass is 9.98. The van der Waals surface area contributed by atoms with Crippen LogP contribution in [0, 0.1) is 0 Å². The third-order valence-corrected chi connectivity index (χ3v) is 8.04. The van der Waals surface area contributed by atoms with Crippen LogP contribution < -0.4 is 4.74 Å². The van der Waals surface area contributed by atoms with Gasteiger partial charge in [0.2, 0.25) is 5.88 Å². The van der Waals surface area contributed by atoms with Gasteiger partial charge in [0.25, 0.3) is 0 Å². The number of hydrogen-bond acceptors (Lipinski definition) is 4. The quantitative estimate of drug-likeness (QED) is 0.209. The fraction of sp³-hybridized carbons (Fsp3) is 0.162. The van der Waals surface area contributed by atoms with E-state index in [9.17, 15) is 4.79 Å². The molecule has 3 aromatic heterocycles. The summed E-state index contributed by atoms with van der Waals surface area (Å²) in [5, 5.41) is 0. The van der Waals surface area contributed by atoms with Crippen molar-refractivity contribution in [2.45, 2.75) is 39.5 Å². The molecule has 0 amide bonds. The van der Waals surface area contributed by atoms with Gasteiger partial charge in [-0.3, -0.25) is 0 Å². The van der Waals surface area contributed by atoms with Crippen LogP contribution in [0.15, 0.2) is 84.9 Å². The van der Waals surface area contributed by atoms with Gasteiger partial charge in [0, 0.05) is 39.3 Å². The minimum Gasteiger partial charge on any atom is -0.403 e. The van der Waals surface area contributed by atoms with E-state index in [4.69, 9.17) is 14.7 Å². The van der Waals surface area contributed by atoms with Crippen LogP contribution >= 0.6 is 0 Å². The van der Waals surface area contributed by atoms with Crippen molar-refractivity contribution in [3.63, 3.8) is 0 Å². The first kappa shape index (κ1) is 26.7. The van der Waals surface area contributed by atoms with Crippen molar-refractivity contribution in [3.8, 4) is 28.1 Å². The summed E-state index contributed by atoms with van der Waals surface area (Å²) in [5.74, 6) is 0.604. The lowest BCUT2D eigenvalue weighted by molar-refractivity contribution is 0.0755. The van der Waals surface area contributed by atoms with Crippen molar-refractivity contribution in [3.05, 3.63) is 113 Å². The largest absolute Gasteiger partial charge is 0.403 e. The molecule has 5 heterocycles. The van der Waals surface area contributed by atoms with E-state index >= 15 is 0 Å². The Morgan fingerprint density at radius 1 is 0.628 bits per heavy atom. The number of aromatic nitrogens is 4. The number of benzene rings is 2. The summed E-state index contributed by atoms with van der Waals surface area (Å²) >= 11 is 0. The number of esters is 1. The maximum absolute atomic E-state index is 13.3. The van der Waals surface area contributed by atoms with Crippen molar-refractivity contribution in [2.24, 2.45) is 0 Å². The molecule has 0 saturated carbocycles. The summed E-state index contributed by atoms with van der Waals surface area (Å²) < 4.78 is 5.69. The number of nitrogens with one attached hydrogen (secondary N) is 2. The fourth-order valence-electron chi connectivity index (χ4n) is 5.65. The van der Waals surface area contributed by atoms with E-state index in [0.717, 1.165) is 50.1 Å². The molecule has 8 bridgehead atoms. The fourth-order valence-corrected chi connectivity index (χ4v) is 5.65. The molecule has 2 aliphatic rings. The standard InChI is InChI=1S/C37H32N4O2/c1-21(2)23-5-9-25(10-6-23)34-30-16-13-27(38-30)19-28-14-18-32(39-28)35(26-11-7-24(8-12-26)22(3)4)36-37(42)43-33(41-36)20-29-15-17-31(34)40-29/h5-22,39-40H,1-4H3. The summed E-state index contributed by atoms with van der Waals surface area (Å²) in [6, 6.07) is 28.7. The minimum atomic E-state index is -0.482. The first-order chi connectivity index (χ1) is 20.8. The molecule has 0 fully saturated rings. The number of H-pyrrole nitrogens is 2. The molecule has 2 aliphatic heterocycles. The van der Waals surface area contributed by atoms with Crippen molar-refractivity contribution in [2.75, 3.05) is 0 Å². The van der Waals surface area contributed by atoms with Gasteiger partial charge in [-0.05, 0) is 76.6 Å². The van der Waals surface area contributed by atoms with Gasteiger partial charge in [0.15, 0.2) is 5.69 Å². The van der Waals surface area contributed by atoms with E-state index in [2.05, 4.69) is 80.1 Å². The third kappa shape index (κ3) is 5.06. The van der Waals surface area contributed by atoms with Crippen LogP contribution in [-0.4, -0.2) is 25.9 Å². The highest BCUT2D eigenvalue weighted by Gasteiger charge is 2.24. The van der Waals surface area contributed by atoms with Crippen molar-refractivity contribution in [1.29, 1.82) is 0 Å². The Bertz CT molecular complexity index is 2060. The van der Waals surface area contributed by atoms with E-state index in [0.29, 0.717) is 17.4 Å². The second kappa shape index (κ2) is 10.6. The lowest BCUT2D eigenvalue weighted by Gasteiger charge is -2.08. The molecule has 5 aromatic rings. The molecule has 7 rings (SSSR count). The molecule has 6 nitrogen and oxygen atoms in total. The van der Waals surface area contributed by atoms with E-state index < -0.39 is 5.97 Å². The molecular weight excluding hydrogens is 532 g/mol. The molecule has 0 spiro atoms. The van der Waals surface area contributed by atoms with E-state index in [1.807, 2.05) is 48.5 Å². The van der Waals surface area contributed by atoms with Crippen molar-refractivity contribution >= 4 is 40.2 Å². The van der Waals surface area contributed by atoms with E-state index in [-0.39, 0.29) is 11.6 Å². The smallest absolute Gasteiger partial charge is 0.364 e. The maximum Gasteiger partial charge on any atom is 0.364 e. The number of aromatic amines is 2. The Morgan fingerprint density at radius 2 is 1.19 bits per heavy atom. The van der Waals surface area contributed by atoms with Gasteiger partial charge in [-0.15, -0.1) is 0 Å². The van der Waals surface area contributed by atoms with Crippen LogP contribution in [0.2, 0.25) is 0 Å². The Labute approximate surface area is 250 Å². The topological polar surface area (TPSA) is 83.7 Å². The monoisotopic (exact) mass is 564 g/mol. The number of nitrogens with zero attached hydrogens (tertiary/aromatic N) is 2. The molecule has 212 valence electrons. The van der Waals surface area contributed by atoms with Crippen LogP contribution in [0.25, 0.3) is 56.5 Å². The van der Waals surface area contributed by atoms with Gasteiger partial charge in [-0.2, -0.15) is 0 Å². The van der Waals surface area contributed by atoms with E-state index in [1.165, 1.54) is 11.1 Å².